The zero-order valence-corrected chi connectivity index (χ0v) is 14.3. The third-order valence-electron chi connectivity index (χ3n) is 3.56. The van der Waals surface area contributed by atoms with E-state index in [2.05, 4.69) is 23.0 Å². The van der Waals surface area contributed by atoms with Crippen LogP contribution in [0.3, 0.4) is 0 Å². The SMILES string of the molecule is CCc1ccc(OCc2c(Cl)cccc2NC(=O)OCF)c(C)c1. The number of halogens is 2. The van der Waals surface area contributed by atoms with Crippen LogP contribution in [0.4, 0.5) is 14.9 Å². The summed E-state index contributed by atoms with van der Waals surface area (Å²) in [6.45, 7) is 3.03. The summed E-state index contributed by atoms with van der Waals surface area (Å²) in [6, 6.07) is 11.0. The van der Waals surface area contributed by atoms with E-state index in [1.54, 1.807) is 18.2 Å². The normalized spacial score (nSPS) is 10.3. The van der Waals surface area contributed by atoms with Crippen molar-refractivity contribution in [1.29, 1.82) is 0 Å². The Labute approximate surface area is 145 Å². The van der Waals surface area contributed by atoms with Crippen molar-refractivity contribution in [2.75, 3.05) is 12.2 Å². The first-order valence-electron chi connectivity index (χ1n) is 7.54. The number of anilines is 1. The highest BCUT2D eigenvalue weighted by Crippen LogP contribution is 2.27. The molecule has 6 heteroatoms. The van der Waals surface area contributed by atoms with Crippen LogP contribution in [0.15, 0.2) is 36.4 Å². The molecule has 1 amide bonds. The Morgan fingerprint density at radius 2 is 2.08 bits per heavy atom. The van der Waals surface area contributed by atoms with Gasteiger partial charge >= 0.3 is 6.09 Å². The van der Waals surface area contributed by atoms with Crippen molar-refractivity contribution in [3.63, 3.8) is 0 Å². The maximum absolute atomic E-state index is 12.1. The van der Waals surface area contributed by atoms with Crippen molar-refractivity contribution in [3.05, 3.63) is 58.1 Å². The first kappa shape index (κ1) is 18.1. The van der Waals surface area contributed by atoms with E-state index >= 15 is 0 Å². The van der Waals surface area contributed by atoms with Gasteiger partial charge in [-0.1, -0.05) is 36.7 Å². The number of amides is 1. The van der Waals surface area contributed by atoms with Crippen molar-refractivity contribution in [3.8, 4) is 5.75 Å². The van der Waals surface area contributed by atoms with Crippen LogP contribution in [-0.4, -0.2) is 13.0 Å². The van der Waals surface area contributed by atoms with Crippen molar-refractivity contribution < 1.29 is 18.7 Å². The second-order valence-corrected chi connectivity index (χ2v) is 5.58. The molecule has 0 heterocycles. The molecule has 24 heavy (non-hydrogen) atoms. The van der Waals surface area contributed by atoms with Crippen LogP contribution in [0.1, 0.15) is 23.6 Å². The Morgan fingerprint density at radius 3 is 2.75 bits per heavy atom. The van der Waals surface area contributed by atoms with Gasteiger partial charge in [-0.05, 0) is 42.7 Å². The Bertz CT molecular complexity index is 721. The summed E-state index contributed by atoms with van der Waals surface area (Å²) in [6.07, 6.45) is 0.0700. The summed E-state index contributed by atoms with van der Waals surface area (Å²) in [5, 5.41) is 2.90. The molecule has 0 aromatic heterocycles. The van der Waals surface area contributed by atoms with Gasteiger partial charge in [-0.3, -0.25) is 5.32 Å². The van der Waals surface area contributed by atoms with Crippen LogP contribution >= 0.6 is 11.6 Å². The van der Waals surface area contributed by atoms with Crippen molar-refractivity contribution >= 4 is 23.4 Å². The smallest absolute Gasteiger partial charge is 0.413 e. The molecule has 1 N–H and O–H groups in total. The topological polar surface area (TPSA) is 47.6 Å². The standard InChI is InChI=1S/C18H19ClFNO3/c1-3-13-7-8-17(12(2)9-13)23-10-14-15(19)5-4-6-16(14)21-18(22)24-11-20/h4-9H,3,10-11H2,1-2H3,(H,21,22). The number of benzene rings is 2. The molecule has 0 saturated carbocycles. The molecule has 0 radical (unpaired) electrons. The number of carbonyl (C=O) groups excluding carboxylic acids is 1. The average Bonchev–Trinajstić information content (AvgIpc) is 2.55. The number of aryl methyl sites for hydroxylation is 2. The van der Waals surface area contributed by atoms with Gasteiger partial charge in [-0.15, -0.1) is 0 Å². The van der Waals surface area contributed by atoms with Crippen molar-refractivity contribution in [2.24, 2.45) is 0 Å². The summed E-state index contributed by atoms with van der Waals surface area (Å²) >= 11 is 6.20. The monoisotopic (exact) mass is 351 g/mol. The second-order valence-electron chi connectivity index (χ2n) is 5.17. The van der Waals surface area contributed by atoms with Gasteiger partial charge < -0.3 is 9.47 Å². The number of hydrogen-bond donors (Lipinski definition) is 1. The van der Waals surface area contributed by atoms with Gasteiger partial charge in [0.15, 0.2) is 0 Å². The van der Waals surface area contributed by atoms with Crippen LogP contribution in [0, 0.1) is 6.92 Å². The van der Waals surface area contributed by atoms with Crippen LogP contribution in [0.5, 0.6) is 5.75 Å². The highest BCUT2D eigenvalue weighted by molar-refractivity contribution is 6.31. The molecule has 0 atom stereocenters. The van der Waals surface area contributed by atoms with E-state index in [1.807, 2.05) is 19.1 Å². The van der Waals surface area contributed by atoms with Gasteiger partial charge in [0.25, 0.3) is 0 Å². The number of alkyl halides is 1. The molecule has 0 saturated heterocycles. The molecule has 2 aromatic carbocycles. The molecule has 0 fully saturated rings. The third kappa shape index (κ3) is 4.61. The highest BCUT2D eigenvalue weighted by atomic mass is 35.5. The number of ether oxygens (including phenoxy) is 2. The number of nitrogens with one attached hydrogen (secondary N) is 1. The number of rotatable bonds is 6. The van der Waals surface area contributed by atoms with E-state index in [-0.39, 0.29) is 6.61 Å². The lowest BCUT2D eigenvalue weighted by Gasteiger charge is -2.15. The van der Waals surface area contributed by atoms with Gasteiger partial charge in [0.2, 0.25) is 6.86 Å². The first-order valence-corrected chi connectivity index (χ1v) is 7.92. The summed E-state index contributed by atoms with van der Waals surface area (Å²) < 4.78 is 22.2. The van der Waals surface area contributed by atoms with E-state index in [4.69, 9.17) is 16.3 Å². The number of carbonyl (C=O) groups is 1. The van der Waals surface area contributed by atoms with Gasteiger partial charge in [-0.2, -0.15) is 0 Å². The molecule has 0 aliphatic carbocycles. The van der Waals surface area contributed by atoms with Crippen LogP contribution < -0.4 is 10.1 Å². The summed E-state index contributed by atoms with van der Waals surface area (Å²) in [5.74, 6) is 0.740. The second kappa shape index (κ2) is 8.55. The highest BCUT2D eigenvalue weighted by Gasteiger charge is 2.12. The molecular formula is C18H19ClFNO3. The Hall–Kier alpha value is -2.27. The zero-order valence-electron chi connectivity index (χ0n) is 13.6. The predicted molar refractivity (Wildman–Crippen MR) is 92.4 cm³/mol. The van der Waals surface area contributed by atoms with Crippen molar-refractivity contribution in [2.45, 2.75) is 26.9 Å². The van der Waals surface area contributed by atoms with Gasteiger partial charge in [0, 0.05) is 10.6 Å². The predicted octanol–water partition coefficient (Wildman–Crippen LogP) is 5.27. The molecule has 0 unspecified atom stereocenters. The summed E-state index contributed by atoms with van der Waals surface area (Å²) in [5.41, 5.74) is 3.26. The van der Waals surface area contributed by atoms with E-state index in [0.29, 0.717) is 16.3 Å². The van der Waals surface area contributed by atoms with Gasteiger partial charge in [-0.25, -0.2) is 9.18 Å². The molecule has 0 bridgehead atoms. The van der Waals surface area contributed by atoms with Crippen LogP contribution in [0.25, 0.3) is 0 Å². The minimum atomic E-state index is -1.19. The lowest BCUT2D eigenvalue weighted by Crippen LogP contribution is -2.15. The van der Waals surface area contributed by atoms with Gasteiger partial charge in [0.05, 0.1) is 5.69 Å². The fraction of sp³-hybridized carbons (Fsp3) is 0.278. The molecule has 2 aromatic rings. The average molecular weight is 352 g/mol. The minimum absolute atomic E-state index is 0.164. The first-order chi connectivity index (χ1) is 11.5. The fourth-order valence-electron chi connectivity index (χ4n) is 2.26. The van der Waals surface area contributed by atoms with E-state index in [9.17, 15) is 9.18 Å². The largest absolute Gasteiger partial charge is 0.488 e. The molecule has 0 aliphatic heterocycles. The Balaban J connectivity index is 2.16. The fourth-order valence-corrected chi connectivity index (χ4v) is 2.49. The van der Waals surface area contributed by atoms with Crippen LogP contribution in [0.2, 0.25) is 5.02 Å². The van der Waals surface area contributed by atoms with Crippen LogP contribution in [-0.2, 0) is 17.8 Å². The zero-order chi connectivity index (χ0) is 17.5. The Morgan fingerprint density at radius 1 is 1.29 bits per heavy atom. The molecule has 0 spiro atoms. The minimum Gasteiger partial charge on any atom is -0.488 e. The quantitative estimate of drug-likeness (QED) is 0.771. The van der Waals surface area contributed by atoms with E-state index < -0.39 is 13.0 Å². The third-order valence-corrected chi connectivity index (χ3v) is 3.91. The molecular weight excluding hydrogens is 333 g/mol. The summed E-state index contributed by atoms with van der Waals surface area (Å²) in [4.78, 5) is 11.4. The maximum Gasteiger partial charge on any atom is 0.413 e. The number of hydrogen-bond acceptors (Lipinski definition) is 3. The lowest BCUT2D eigenvalue weighted by atomic mass is 10.1. The summed E-state index contributed by atoms with van der Waals surface area (Å²) in [7, 11) is 0. The van der Waals surface area contributed by atoms with Gasteiger partial charge in [0.1, 0.15) is 12.4 Å². The maximum atomic E-state index is 12.1. The molecule has 2 rings (SSSR count). The molecule has 4 nitrogen and oxygen atoms in total. The Kier molecular flexibility index (Phi) is 6.44. The molecule has 128 valence electrons. The van der Waals surface area contributed by atoms with E-state index in [1.165, 1.54) is 5.56 Å². The van der Waals surface area contributed by atoms with E-state index in [0.717, 1.165) is 17.7 Å². The lowest BCUT2D eigenvalue weighted by molar-refractivity contribution is 0.111. The molecule has 0 aliphatic rings. The van der Waals surface area contributed by atoms with Crippen molar-refractivity contribution in [1.82, 2.24) is 0 Å².